The summed E-state index contributed by atoms with van der Waals surface area (Å²) in [6, 6.07) is 1.89. The van der Waals surface area contributed by atoms with E-state index in [2.05, 4.69) is 26.2 Å². The molecule has 0 N–H and O–H groups in total. The molecule has 0 unspecified atom stereocenters. The molecule has 1 fully saturated rings. The summed E-state index contributed by atoms with van der Waals surface area (Å²) in [6.07, 6.45) is 0.120. The number of carbonyl (C=O) groups is 1. The molecule has 0 aromatic carbocycles. The van der Waals surface area contributed by atoms with Crippen molar-refractivity contribution < 1.29 is 13.6 Å². The van der Waals surface area contributed by atoms with Crippen molar-refractivity contribution in [2.75, 3.05) is 0 Å². The van der Waals surface area contributed by atoms with Crippen LogP contribution in [0.4, 0.5) is 0 Å². The monoisotopic (exact) mass is 218 g/mol. The first-order chi connectivity index (χ1) is 5.85. The third-order valence-electron chi connectivity index (χ3n) is 2.24. The molecule has 76 valence electrons. The largest absolute Gasteiger partial charge is 0.465 e. The Balaban J connectivity index is 2.66. The van der Waals surface area contributed by atoms with Crippen LogP contribution in [0.3, 0.4) is 0 Å². The van der Waals surface area contributed by atoms with Gasteiger partial charge in [-0.05, 0) is 26.2 Å². The molecule has 0 radical (unpaired) electrons. The van der Waals surface area contributed by atoms with Crippen LogP contribution in [0.1, 0.15) is 0 Å². The van der Waals surface area contributed by atoms with Crippen LogP contribution in [0.2, 0.25) is 38.3 Å². The van der Waals surface area contributed by atoms with Crippen molar-refractivity contribution in [1.29, 1.82) is 0 Å². The normalized spacial score (nSPS) is 26.8. The molecule has 0 aromatic heterocycles. The van der Waals surface area contributed by atoms with Crippen molar-refractivity contribution in [2.24, 2.45) is 0 Å². The second-order valence-electron chi connectivity index (χ2n) is 4.88. The van der Waals surface area contributed by atoms with E-state index in [4.69, 9.17) is 8.85 Å². The minimum atomic E-state index is -1.55. The van der Waals surface area contributed by atoms with Crippen molar-refractivity contribution >= 4 is 23.1 Å². The lowest BCUT2D eigenvalue weighted by Crippen LogP contribution is -2.53. The standard InChI is InChI=1S/C8H18O3Si2/c1-12(2)5-8(10-7-9)6-13(3,4)11-12/h7-8H,5-6H2,1-4H3. The summed E-state index contributed by atoms with van der Waals surface area (Å²) in [5.41, 5.74) is 0. The number of ether oxygens (including phenoxy) is 1. The van der Waals surface area contributed by atoms with E-state index in [-0.39, 0.29) is 6.10 Å². The summed E-state index contributed by atoms with van der Waals surface area (Å²) in [6.45, 7) is 9.36. The van der Waals surface area contributed by atoms with E-state index in [1.54, 1.807) is 0 Å². The molecule has 0 amide bonds. The highest BCUT2D eigenvalue weighted by molar-refractivity contribution is 6.86. The summed E-state index contributed by atoms with van der Waals surface area (Å²) in [5.74, 6) is 0. The smallest absolute Gasteiger partial charge is 0.293 e. The predicted octanol–water partition coefficient (Wildman–Crippen LogP) is 1.97. The minimum absolute atomic E-state index is 0.120. The molecule has 0 bridgehead atoms. The maximum Gasteiger partial charge on any atom is 0.293 e. The minimum Gasteiger partial charge on any atom is -0.465 e. The molecule has 0 aromatic rings. The van der Waals surface area contributed by atoms with Crippen molar-refractivity contribution in [3.05, 3.63) is 0 Å². The lowest BCUT2D eigenvalue weighted by Gasteiger charge is -2.42. The Labute approximate surface area is 81.7 Å². The van der Waals surface area contributed by atoms with Gasteiger partial charge in [0.25, 0.3) is 6.47 Å². The summed E-state index contributed by atoms with van der Waals surface area (Å²) in [7, 11) is -3.10. The summed E-state index contributed by atoms with van der Waals surface area (Å²) in [4.78, 5) is 10.3. The molecule has 0 saturated carbocycles. The highest BCUT2D eigenvalue weighted by atomic mass is 28.4. The van der Waals surface area contributed by atoms with Gasteiger partial charge in [0.15, 0.2) is 16.6 Å². The fourth-order valence-electron chi connectivity index (χ4n) is 2.17. The van der Waals surface area contributed by atoms with Crippen LogP contribution in [-0.2, 0) is 13.6 Å². The molecule has 1 heterocycles. The molecule has 0 aliphatic carbocycles. The van der Waals surface area contributed by atoms with Crippen LogP contribution < -0.4 is 0 Å². The van der Waals surface area contributed by atoms with Gasteiger partial charge in [-0.25, -0.2) is 0 Å². The third-order valence-corrected chi connectivity index (χ3v) is 9.54. The van der Waals surface area contributed by atoms with Crippen LogP contribution in [0, 0.1) is 0 Å². The van der Waals surface area contributed by atoms with Gasteiger partial charge in [0.05, 0.1) is 0 Å². The van der Waals surface area contributed by atoms with E-state index in [0.717, 1.165) is 12.1 Å². The Morgan fingerprint density at radius 2 is 1.69 bits per heavy atom. The van der Waals surface area contributed by atoms with Crippen LogP contribution in [0.15, 0.2) is 0 Å². The van der Waals surface area contributed by atoms with E-state index in [1.807, 2.05) is 0 Å². The summed E-state index contributed by atoms with van der Waals surface area (Å²) in [5, 5.41) is 0. The van der Waals surface area contributed by atoms with Gasteiger partial charge in [-0.15, -0.1) is 0 Å². The maximum atomic E-state index is 10.3. The van der Waals surface area contributed by atoms with Gasteiger partial charge in [0.1, 0.15) is 6.10 Å². The van der Waals surface area contributed by atoms with Gasteiger partial charge in [0.2, 0.25) is 0 Å². The fraction of sp³-hybridized carbons (Fsp3) is 0.875. The molecular formula is C8H18O3Si2. The molecule has 1 aliphatic heterocycles. The van der Waals surface area contributed by atoms with Gasteiger partial charge in [-0.3, -0.25) is 4.79 Å². The number of hydrogen-bond acceptors (Lipinski definition) is 3. The highest BCUT2D eigenvalue weighted by Gasteiger charge is 2.43. The van der Waals surface area contributed by atoms with E-state index in [1.165, 1.54) is 0 Å². The number of carbonyl (C=O) groups excluding carboxylic acids is 1. The zero-order valence-electron chi connectivity index (χ0n) is 8.79. The molecule has 0 spiro atoms. The van der Waals surface area contributed by atoms with Crippen molar-refractivity contribution in [1.82, 2.24) is 0 Å². The van der Waals surface area contributed by atoms with Gasteiger partial charge < -0.3 is 8.85 Å². The molecule has 0 atom stereocenters. The second kappa shape index (κ2) is 3.55. The SMILES string of the molecule is C[Si]1(C)CC(OC=O)C[Si](C)(C)O1. The molecule has 13 heavy (non-hydrogen) atoms. The molecule has 3 nitrogen and oxygen atoms in total. The molecule has 5 heteroatoms. The lowest BCUT2D eigenvalue weighted by molar-refractivity contribution is -0.132. The summed E-state index contributed by atoms with van der Waals surface area (Å²) < 4.78 is 11.2. The number of rotatable bonds is 2. The maximum absolute atomic E-state index is 10.3. The zero-order valence-corrected chi connectivity index (χ0v) is 10.8. The topological polar surface area (TPSA) is 35.5 Å². The average Bonchev–Trinajstić information content (AvgIpc) is 1.78. The van der Waals surface area contributed by atoms with E-state index >= 15 is 0 Å². The molecule has 1 rings (SSSR count). The third kappa shape index (κ3) is 3.24. The van der Waals surface area contributed by atoms with Crippen molar-refractivity contribution in [3.8, 4) is 0 Å². The quantitative estimate of drug-likeness (QED) is 0.525. The summed E-state index contributed by atoms with van der Waals surface area (Å²) >= 11 is 0. The van der Waals surface area contributed by atoms with E-state index < -0.39 is 16.6 Å². The number of hydrogen-bond donors (Lipinski definition) is 0. The molecule has 1 saturated heterocycles. The van der Waals surface area contributed by atoms with Crippen molar-refractivity contribution in [3.63, 3.8) is 0 Å². The van der Waals surface area contributed by atoms with Crippen LogP contribution in [0.5, 0.6) is 0 Å². The lowest BCUT2D eigenvalue weighted by atomic mass is 10.5. The van der Waals surface area contributed by atoms with Crippen molar-refractivity contribution in [2.45, 2.75) is 44.4 Å². The molecular weight excluding hydrogens is 200 g/mol. The van der Waals surface area contributed by atoms with Gasteiger partial charge >= 0.3 is 0 Å². The zero-order chi connectivity index (χ0) is 10.1. The first-order valence-corrected chi connectivity index (χ1v) is 10.9. The Morgan fingerprint density at radius 1 is 1.23 bits per heavy atom. The Hall–Kier alpha value is -0.136. The van der Waals surface area contributed by atoms with Crippen LogP contribution in [0.25, 0.3) is 0 Å². The average molecular weight is 218 g/mol. The first-order valence-electron chi connectivity index (χ1n) is 4.64. The predicted molar refractivity (Wildman–Crippen MR) is 56.6 cm³/mol. The Kier molecular flexibility index (Phi) is 2.99. The fourth-order valence-corrected chi connectivity index (χ4v) is 11.8. The van der Waals surface area contributed by atoms with Crippen LogP contribution >= 0.6 is 0 Å². The second-order valence-corrected chi connectivity index (χ2v) is 13.6. The Morgan fingerprint density at radius 3 is 2.08 bits per heavy atom. The molecule has 1 aliphatic rings. The van der Waals surface area contributed by atoms with Crippen LogP contribution in [-0.4, -0.2) is 29.2 Å². The van der Waals surface area contributed by atoms with E-state index in [9.17, 15) is 4.79 Å². The van der Waals surface area contributed by atoms with Gasteiger partial charge in [-0.2, -0.15) is 0 Å². The van der Waals surface area contributed by atoms with E-state index in [0.29, 0.717) is 6.47 Å². The first kappa shape index (κ1) is 10.9. The van der Waals surface area contributed by atoms with Gasteiger partial charge in [-0.1, -0.05) is 0 Å². The van der Waals surface area contributed by atoms with Gasteiger partial charge in [0, 0.05) is 12.1 Å². The highest BCUT2D eigenvalue weighted by Crippen LogP contribution is 2.32. The Bertz CT molecular complexity index is 188.